The molecule has 3 aromatic rings. The highest BCUT2D eigenvalue weighted by atomic mass is 15.0. The van der Waals surface area contributed by atoms with Crippen molar-refractivity contribution in [1.29, 1.82) is 0 Å². The number of nitrogens with one attached hydrogen (secondary N) is 1. The monoisotopic (exact) mass is 350 g/mol. The van der Waals surface area contributed by atoms with Crippen molar-refractivity contribution < 1.29 is 0 Å². The smallest absolute Gasteiger partial charge is 0.135 e. The molecule has 0 radical (unpaired) electrons. The summed E-state index contributed by atoms with van der Waals surface area (Å²) in [5.41, 5.74) is 7.87. The summed E-state index contributed by atoms with van der Waals surface area (Å²) in [5, 5.41) is 3.26. The lowest BCUT2D eigenvalue weighted by atomic mass is 10.0. The Morgan fingerprint density at radius 3 is 2.42 bits per heavy atom. The minimum atomic E-state index is 0.402. The average Bonchev–Trinajstić information content (AvgIpc) is 2.95. The van der Waals surface area contributed by atoms with Gasteiger partial charge in [0.05, 0.1) is 16.7 Å². The summed E-state index contributed by atoms with van der Waals surface area (Å²) in [6.07, 6.45) is 3.34. The summed E-state index contributed by atoms with van der Waals surface area (Å²) in [7, 11) is 1.93. The molecule has 0 aromatic carbocycles. The predicted molar refractivity (Wildman–Crippen MR) is 111 cm³/mol. The van der Waals surface area contributed by atoms with Crippen molar-refractivity contribution in [3.63, 3.8) is 0 Å². The SMILES string of the molecule is CCC(C)n1cc(C)c2nc(-c3ccc(C(C)C)nc3NC)c(C)cc21. The number of anilines is 1. The Balaban J connectivity index is 2.21. The minimum Gasteiger partial charge on any atom is -0.373 e. The normalized spacial score (nSPS) is 12.8. The van der Waals surface area contributed by atoms with Crippen LogP contribution in [0.3, 0.4) is 0 Å². The van der Waals surface area contributed by atoms with E-state index >= 15 is 0 Å². The Hall–Kier alpha value is -2.36. The molecule has 0 saturated heterocycles. The third-order valence-electron chi connectivity index (χ3n) is 5.24. The molecule has 0 aliphatic rings. The van der Waals surface area contributed by atoms with E-state index in [-0.39, 0.29) is 0 Å². The van der Waals surface area contributed by atoms with E-state index in [9.17, 15) is 0 Å². The topological polar surface area (TPSA) is 42.7 Å². The largest absolute Gasteiger partial charge is 0.373 e. The second kappa shape index (κ2) is 7.10. The maximum absolute atomic E-state index is 5.06. The molecule has 3 heterocycles. The Bertz CT molecular complexity index is 937. The van der Waals surface area contributed by atoms with E-state index in [4.69, 9.17) is 9.97 Å². The highest BCUT2D eigenvalue weighted by Crippen LogP contribution is 2.33. The first-order valence-corrected chi connectivity index (χ1v) is 9.55. The summed E-state index contributed by atoms with van der Waals surface area (Å²) in [6, 6.07) is 7.00. The van der Waals surface area contributed by atoms with Crippen LogP contribution in [-0.4, -0.2) is 21.6 Å². The van der Waals surface area contributed by atoms with E-state index in [2.05, 4.69) is 75.8 Å². The summed E-state index contributed by atoms with van der Waals surface area (Å²) in [5.74, 6) is 1.30. The van der Waals surface area contributed by atoms with Crippen molar-refractivity contribution in [3.05, 3.63) is 41.2 Å². The molecule has 0 bridgehead atoms. The number of nitrogens with zero attached hydrogens (tertiary/aromatic N) is 3. The van der Waals surface area contributed by atoms with Gasteiger partial charge in [-0.15, -0.1) is 0 Å². The van der Waals surface area contributed by atoms with E-state index < -0.39 is 0 Å². The van der Waals surface area contributed by atoms with Gasteiger partial charge in [0.25, 0.3) is 0 Å². The van der Waals surface area contributed by atoms with Crippen molar-refractivity contribution >= 4 is 16.9 Å². The zero-order valence-corrected chi connectivity index (χ0v) is 17.0. The first kappa shape index (κ1) is 18.4. The molecule has 0 aliphatic carbocycles. The van der Waals surface area contributed by atoms with Crippen LogP contribution in [0, 0.1) is 13.8 Å². The van der Waals surface area contributed by atoms with Crippen LogP contribution < -0.4 is 5.32 Å². The fraction of sp³-hybridized carbons (Fsp3) is 0.455. The maximum atomic E-state index is 5.06. The molecule has 3 rings (SSSR count). The lowest BCUT2D eigenvalue weighted by Crippen LogP contribution is -2.04. The zero-order valence-electron chi connectivity index (χ0n) is 17.0. The molecule has 0 aliphatic heterocycles. The molecule has 138 valence electrons. The van der Waals surface area contributed by atoms with Crippen molar-refractivity contribution in [2.45, 2.75) is 59.9 Å². The standard InChI is InChI=1S/C22H30N4/c1-8-16(6)26-12-15(5)21-19(26)11-14(4)20(25-21)17-9-10-18(13(2)3)24-22(17)23-7/h9-13,16H,8H2,1-7H3,(H,23,24). The van der Waals surface area contributed by atoms with E-state index in [1.54, 1.807) is 0 Å². The van der Waals surface area contributed by atoms with Gasteiger partial charge in [0.1, 0.15) is 5.82 Å². The molecule has 1 N–H and O–H groups in total. The van der Waals surface area contributed by atoms with Crippen LogP contribution in [0.25, 0.3) is 22.3 Å². The quantitative estimate of drug-likeness (QED) is 0.627. The molecule has 0 saturated carbocycles. The van der Waals surface area contributed by atoms with Crippen LogP contribution in [-0.2, 0) is 0 Å². The van der Waals surface area contributed by atoms with Crippen LogP contribution in [0.5, 0.6) is 0 Å². The fourth-order valence-electron chi connectivity index (χ4n) is 3.44. The number of rotatable bonds is 5. The second-order valence-electron chi connectivity index (χ2n) is 7.54. The van der Waals surface area contributed by atoms with Crippen LogP contribution in [0.1, 0.15) is 62.9 Å². The maximum Gasteiger partial charge on any atom is 0.135 e. The van der Waals surface area contributed by atoms with Crippen LogP contribution in [0.4, 0.5) is 5.82 Å². The van der Waals surface area contributed by atoms with E-state index in [1.807, 2.05) is 7.05 Å². The molecule has 0 spiro atoms. The first-order chi connectivity index (χ1) is 12.4. The Morgan fingerprint density at radius 1 is 1.08 bits per heavy atom. The van der Waals surface area contributed by atoms with Gasteiger partial charge >= 0.3 is 0 Å². The van der Waals surface area contributed by atoms with Gasteiger partial charge in [0.2, 0.25) is 0 Å². The summed E-state index contributed by atoms with van der Waals surface area (Å²) in [6.45, 7) is 13.1. The highest BCUT2D eigenvalue weighted by molar-refractivity contribution is 5.86. The Kier molecular flexibility index (Phi) is 5.03. The zero-order chi connectivity index (χ0) is 19.0. The third-order valence-corrected chi connectivity index (χ3v) is 5.24. The molecule has 26 heavy (non-hydrogen) atoms. The van der Waals surface area contributed by atoms with Gasteiger partial charge in [-0.1, -0.05) is 20.8 Å². The predicted octanol–water partition coefficient (Wildman–Crippen LogP) is 5.85. The first-order valence-electron chi connectivity index (χ1n) is 9.55. The molecule has 4 heteroatoms. The van der Waals surface area contributed by atoms with Gasteiger partial charge in [0.15, 0.2) is 0 Å². The fourth-order valence-corrected chi connectivity index (χ4v) is 3.44. The van der Waals surface area contributed by atoms with E-state index in [0.29, 0.717) is 12.0 Å². The van der Waals surface area contributed by atoms with Gasteiger partial charge in [-0.3, -0.25) is 0 Å². The van der Waals surface area contributed by atoms with Crippen LogP contribution in [0.15, 0.2) is 24.4 Å². The molecular formula is C22H30N4. The van der Waals surface area contributed by atoms with Crippen molar-refractivity contribution in [1.82, 2.24) is 14.5 Å². The number of hydrogen-bond acceptors (Lipinski definition) is 3. The third kappa shape index (κ3) is 3.09. The number of hydrogen-bond donors (Lipinski definition) is 1. The Labute approximate surface area is 156 Å². The van der Waals surface area contributed by atoms with Crippen LogP contribution >= 0.6 is 0 Å². The summed E-state index contributed by atoms with van der Waals surface area (Å²) in [4.78, 5) is 9.87. The molecule has 4 nitrogen and oxygen atoms in total. The molecular weight excluding hydrogens is 320 g/mol. The van der Waals surface area contributed by atoms with Gasteiger partial charge in [-0.25, -0.2) is 9.97 Å². The summed E-state index contributed by atoms with van der Waals surface area (Å²) >= 11 is 0. The average molecular weight is 351 g/mol. The lowest BCUT2D eigenvalue weighted by Gasteiger charge is -2.15. The van der Waals surface area contributed by atoms with Crippen molar-refractivity contribution in [2.24, 2.45) is 0 Å². The van der Waals surface area contributed by atoms with Crippen molar-refractivity contribution in [2.75, 3.05) is 12.4 Å². The highest BCUT2D eigenvalue weighted by Gasteiger charge is 2.17. The van der Waals surface area contributed by atoms with E-state index in [1.165, 1.54) is 16.6 Å². The van der Waals surface area contributed by atoms with Crippen molar-refractivity contribution in [3.8, 4) is 11.3 Å². The molecule has 1 unspecified atom stereocenters. The number of pyridine rings is 2. The van der Waals surface area contributed by atoms with E-state index in [0.717, 1.165) is 34.7 Å². The molecule has 0 fully saturated rings. The number of fused-ring (bicyclic) bond motifs is 1. The minimum absolute atomic E-state index is 0.402. The van der Waals surface area contributed by atoms with Gasteiger partial charge < -0.3 is 9.88 Å². The van der Waals surface area contributed by atoms with Crippen LogP contribution in [0.2, 0.25) is 0 Å². The number of aromatic nitrogens is 3. The second-order valence-corrected chi connectivity index (χ2v) is 7.54. The molecule has 1 atom stereocenters. The Morgan fingerprint density at radius 2 is 1.81 bits per heavy atom. The van der Waals surface area contributed by atoms with Gasteiger partial charge in [0, 0.05) is 30.5 Å². The lowest BCUT2D eigenvalue weighted by molar-refractivity contribution is 0.547. The van der Waals surface area contributed by atoms with Gasteiger partial charge in [-0.2, -0.15) is 0 Å². The molecule has 3 aromatic heterocycles. The summed E-state index contributed by atoms with van der Waals surface area (Å²) < 4.78 is 2.35. The number of aryl methyl sites for hydroxylation is 2. The van der Waals surface area contributed by atoms with Gasteiger partial charge in [-0.05, 0) is 62.4 Å². The molecule has 0 amide bonds.